The summed E-state index contributed by atoms with van der Waals surface area (Å²) in [7, 11) is 0. The second-order valence-corrected chi connectivity index (χ2v) is 7.43. The van der Waals surface area contributed by atoms with Crippen molar-refractivity contribution >= 4 is 17.3 Å². The fraction of sp³-hybridized carbons (Fsp3) is 0.0909. The standard InChI is InChI=1S/C22H14F3N7O/c23-13-3-1-12(2-4-13)19-18(15-7-9-26-21(28-15)29-17-8-10-27-30-17)16-6-5-14-20(32(16)31-19)33-11-22(14,24)25/h1-10H,11H2,(H2,26,27,28,29,30). The number of fused-ring (bicyclic) bond motifs is 3. The molecule has 0 saturated carbocycles. The average molecular weight is 449 g/mol. The van der Waals surface area contributed by atoms with E-state index in [2.05, 4.69) is 30.6 Å². The lowest BCUT2D eigenvalue weighted by Crippen LogP contribution is -2.14. The Morgan fingerprint density at radius 2 is 1.88 bits per heavy atom. The average Bonchev–Trinajstić information content (AvgIpc) is 3.52. The Labute approximate surface area is 184 Å². The van der Waals surface area contributed by atoms with Crippen LogP contribution in [0.4, 0.5) is 24.9 Å². The summed E-state index contributed by atoms with van der Waals surface area (Å²) in [5.74, 6) is -2.65. The molecule has 4 aromatic heterocycles. The maximum atomic E-state index is 14.3. The highest BCUT2D eigenvalue weighted by molar-refractivity contribution is 5.91. The number of hydrogen-bond acceptors (Lipinski definition) is 6. The van der Waals surface area contributed by atoms with Crippen LogP contribution in [0.1, 0.15) is 5.56 Å². The number of benzene rings is 1. The van der Waals surface area contributed by atoms with Crippen molar-refractivity contribution in [2.24, 2.45) is 0 Å². The zero-order valence-electron chi connectivity index (χ0n) is 16.8. The highest BCUT2D eigenvalue weighted by atomic mass is 19.3. The van der Waals surface area contributed by atoms with Crippen molar-refractivity contribution in [1.82, 2.24) is 29.8 Å². The normalized spacial score (nSPS) is 14.3. The summed E-state index contributed by atoms with van der Waals surface area (Å²) in [6, 6.07) is 12.1. The number of halogens is 3. The molecule has 1 aliphatic rings. The van der Waals surface area contributed by atoms with E-state index in [9.17, 15) is 13.2 Å². The van der Waals surface area contributed by atoms with Gasteiger partial charge in [0.2, 0.25) is 11.8 Å². The number of hydrogen-bond donors (Lipinski definition) is 2. The predicted molar refractivity (Wildman–Crippen MR) is 113 cm³/mol. The van der Waals surface area contributed by atoms with Crippen molar-refractivity contribution in [2.45, 2.75) is 5.92 Å². The lowest BCUT2D eigenvalue weighted by Gasteiger charge is -2.07. The lowest BCUT2D eigenvalue weighted by atomic mass is 10.0. The molecule has 0 fully saturated rings. The van der Waals surface area contributed by atoms with E-state index < -0.39 is 18.3 Å². The van der Waals surface area contributed by atoms with Gasteiger partial charge in [0.1, 0.15) is 17.3 Å². The largest absolute Gasteiger partial charge is 0.470 e. The SMILES string of the molecule is Fc1ccc(-c2nn3c4c(ccc3c2-c2ccnc(Nc3ccn[nH]3)n2)C(F)(F)CO4)cc1. The van der Waals surface area contributed by atoms with E-state index in [4.69, 9.17) is 4.74 Å². The van der Waals surface area contributed by atoms with E-state index in [0.717, 1.165) is 0 Å². The fourth-order valence-electron chi connectivity index (χ4n) is 3.81. The van der Waals surface area contributed by atoms with Crippen molar-refractivity contribution in [2.75, 3.05) is 11.9 Å². The minimum absolute atomic E-state index is 0.0306. The molecule has 0 bridgehead atoms. The van der Waals surface area contributed by atoms with Gasteiger partial charge < -0.3 is 10.1 Å². The highest BCUT2D eigenvalue weighted by Crippen LogP contribution is 2.44. The maximum Gasteiger partial charge on any atom is 0.311 e. The minimum Gasteiger partial charge on any atom is -0.470 e. The molecule has 1 aromatic carbocycles. The monoisotopic (exact) mass is 449 g/mol. The van der Waals surface area contributed by atoms with Crippen LogP contribution in [0.5, 0.6) is 5.88 Å². The molecule has 33 heavy (non-hydrogen) atoms. The molecule has 0 saturated heterocycles. The van der Waals surface area contributed by atoms with Crippen molar-refractivity contribution in [3.63, 3.8) is 0 Å². The maximum absolute atomic E-state index is 14.3. The van der Waals surface area contributed by atoms with Crippen LogP contribution in [0.3, 0.4) is 0 Å². The first-order chi connectivity index (χ1) is 16.0. The zero-order valence-corrected chi connectivity index (χ0v) is 16.8. The van der Waals surface area contributed by atoms with Crippen LogP contribution in [0.25, 0.3) is 28.0 Å². The summed E-state index contributed by atoms with van der Waals surface area (Å²) >= 11 is 0. The number of nitrogens with one attached hydrogen (secondary N) is 2. The van der Waals surface area contributed by atoms with Crippen LogP contribution in [0.15, 0.2) is 60.9 Å². The number of alkyl halides is 2. The van der Waals surface area contributed by atoms with Gasteiger partial charge in [-0.1, -0.05) is 0 Å². The van der Waals surface area contributed by atoms with Crippen LogP contribution < -0.4 is 10.1 Å². The molecule has 1 aliphatic heterocycles. The Hall–Kier alpha value is -4.41. The molecule has 8 nitrogen and oxygen atoms in total. The smallest absolute Gasteiger partial charge is 0.311 e. The third-order valence-corrected chi connectivity index (χ3v) is 5.31. The van der Waals surface area contributed by atoms with Crippen molar-refractivity contribution in [3.05, 3.63) is 72.3 Å². The zero-order chi connectivity index (χ0) is 22.6. The highest BCUT2D eigenvalue weighted by Gasteiger charge is 2.43. The van der Waals surface area contributed by atoms with Crippen LogP contribution in [-0.4, -0.2) is 36.4 Å². The third-order valence-electron chi connectivity index (χ3n) is 5.31. The first kappa shape index (κ1) is 19.3. The number of pyridine rings is 1. The molecule has 0 atom stereocenters. The van der Waals surface area contributed by atoms with E-state index in [1.54, 1.807) is 42.7 Å². The second-order valence-electron chi connectivity index (χ2n) is 7.43. The van der Waals surface area contributed by atoms with Crippen molar-refractivity contribution in [3.8, 4) is 28.4 Å². The number of rotatable bonds is 4. The van der Waals surface area contributed by atoms with Gasteiger partial charge >= 0.3 is 5.92 Å². The van der Waals surface area contributed by atoms with Crippen LogP contribution >= 0.6 is 0 Å². The van der Waals surface area contributed by atoms with E-state index in [0.29, 0.717) is 39.8 Å². The summed E-state index contributed by atoms with van der Waals surface area (Å²) in [4.78, 5) is 8.80. The summed E-state index contributed by atoms with van der Waals surface area (Å²) in [5, 5.41) is 14.2. The lowest BCUT2D eigenvalue weighted by molar-refractivity contribution is -0.0217. The molecule has 5 aromatic rings. The molecule has 0 unspecified atom stereocenters. The topological polar surface area (TPSA) is 93.0 Å². The summed E-state index contributed by atoms with van der Waals surface area (Å²) in [6.07, 6.45) is 3.15. The Balaban J connectivity index is 1.57. The first-order valence-corrected chi connectivity index (χ1v) is 9.92. The number of anilines is 2. The number of aromatic nitrogens is 6. The molecule has 0 spiro atoms. The summed E-state index contributed by atoms with van der Waals surface area (Å²) in [5.41, 5.74) is 2.36. The van der Waals surface area contributed by atoms with Crippen LogP contribution in [0.2, 0.25) is 0 Å². The third kappa shape index (κ3) is 3.16. The van der Waals surface area contributed by atoms with Crippen LogP contribution in [-0.2, 0) is 5.92 Å². The molecule has 0 radical (unpaired) electrons. The molecule has 11 heteroatoms. The summed E-state index contributed by atoms with van der Waals surface area (Å²) in [6.45, 7) is -0.756. The van der Waals surface area contributed by atoms with Gasteiger partial charge in [-0.15, -0.1) is 0 Å². The van der Waals surface area contributed by atoms with Gasteiger partial charge in [-0.3, -0.25) is 5.10 Å². The van der Waals surface area contributed by atoms with Crippen LogP contribution in [0, 0.1) is 5.82 Å². The van der Waals surface area contributed by atoms with Gasteiger partial charge in [0.15, 0.2) is 6.61 Å². The molecule has 5 heterocycles. The van der Waals surface area contributed by atoms with E-state index in [1.807, 2.05) is 0 Å². The predicted octanol–water partition coefficient (Wildman–Crippen LogP) is 4.55. The van der Waals surface area contributed by atoms with Gasteiger partial charge in [-0.25, -0.2) is 14.4 Å². The number of nitrogens with zero attached hydrogens (tertiary/aromatic N) is 5. The van der Waals surface area contributed by atoms with Gasteiger partial charge in [0.25, 0.3) is 0 Å². The number of ether oxygens (including phenoxy) is 1. The van der Waals surface area contributed by atoms with E-state index in [-0.39, 0.29) is 11.4 Å². The van der Waals surface area contributed by atoms with E-state index in [1.165, 1.54) is 22.7 Å². The number of aromatic amines is 1. The quantitative estimate of drug-likeness (QED) is 0.418. The molecule has 2 N–H and O–H groups in total. The van der Waals surface area contributed by atoms with E-state index >= 15 is 0 Å². The van der Waals surface area contributed by atoms with Gasteiger partial charge in [0.05, 0.1) is 28.5 Å². The Morgan fingerprint density at radius 3 is 2.67 bits per heavy atom. The molecule has 6 rings (SSSR count). The first-order valence-electron chi connectivity index (χ1n) is 9.92. The summed E-state index contributed by atoms with van der Waals surface area (Å²) < 4.78 is 48.7. The molecular weight excluding hydrogens is 435 g/mol. The van der Waals surface area contributed by atoms with Crippen molar-refractivity contribution < 1.29 is 17.9 Å². The second kappa shape index (κ2) is 7.05. The molecule has 0 aliphatic carbocycles. The number of H-pyrrole nitrogens is 1. The molecular formula is C22H14F3N7O. The van der Waals surface area contributed by atoms with Crippen molar-refractivity contribution in [1.29, 1.82) is 0 Å². The Bertz CT molecular complexity index is 1480. The minimum atomic E-state index is -3.11. The van der Waals surface area contributed by atoms with Gasteiger partial charge in [-0.05, 0) is 42.5 Å². The fourth-order valence-corrected chi connectivity index (χ4v) is 3.81. The molecule has 164 valence electrons. The Morgan fingerprint density at radius 1 is 1.03 bits per heavy atom. The van der Waals surface area contributed by atoms with Gasteiger partial charge in [-0.2, -0.15) is 23.5 Å². The Kier molecular flexibility index (Phi) is 4.12. The molecule has 0 amide bonds. The van der Waals surface area contributed by atoms with Gasteiger partial charge in [0, 0.05) is 17.8 Å².